The summed E-state index contributed by atoms with van der Waals surface area (Å²) in [5.41, 5.74) is 3.04. The fraction of sp³-hybridized carbons (Fsp3) is 0.286. The summed E-state index contributed by atoms with van der Waals surface area (Å²) in [5.74, 6) is -0.906. The minimum Gasteiger partial charge on any atom is -0.478 e. The van der Waals surface area contributed by atoms with E-state index in [9.17, 15) is 9.90 Å². The van der Waals surface area contributed by atoms with Crippen molar-refractivity contribution in [1.29, 1.82) is 0 Å². The van der Waals surface area contributed by atoms with Crippen molar-refractivity contribution in [1.82, 2.24) is 4.98 Å². The Kier molecular flexibility index (Phi) is 3.85. The predicted octanol–water partition coefficient (Wildman–Crippen LogP) is 3.09. The van der Waals surface area contributed by atoms with Crippen molar-refractivity contribution in [3.63, 3.8) is 0 Å². The molecule has 100 valence electrons. The molecule has 0 aliphatic carbocycles. The molecule has 0 radical (unpaired) electrons. The highest BCUT2D eigenvalue weighted by atomic mass is 32.1. The molecule has 1 heterocycles. The molecule has 0 aliphatic rings. The van der Waals surface area contributed by atoms with Gasteiger partial charge in [0, 0.05) is 12.4 Å². The average Bonchev–Trinajstić information content (AvgIpc) is 2.74. The van der Waals surface area contributed by atoms with Crippen LogP contribution in [0.3, 0.4) is 0 Å². The number of hydrogen-bond donors (Lipinski definition) is 1. The number of rotatable bonds is 4. The smallest absolute Gasteiger partial charge is 0.337 e. The van der Waals surface area contributed by atoms with Crippen LogP contribution in [0, 0.1) is 13.8 Å². The average molecular weight is 276 g/mol. The van der Waals surface area contributed by atoms with E-state index in [2.05, 4.69) is 4.98 Å². The second-order valence-electron chi connectivity index (χ2n) is 4.54. The predicted molar refractivity (Wildman–Crippen MR) is 77.1 cm³/mol. The van der Waals surface area contributed by atoms with Crippen molar-refractivity contribution in [3.8, 4) is 0 Å². The zero-order valence-corrected chi connectivity index (χ0v) is 12.0. The normalized spacial score (nSPS) is 10.5. The van der Waals surface area contributed by atoms with Crippen LogP contribution in [0.4, 0.5) is 5.69 Å². The zero-order valence-electron chi connectivity index (χ0n) is 11.2. The molecule has 0 saturated heterocycles. The van der Waals surface area contributed by atoms with Crippen LogP contribution in [0.15, 0.2) is 23.6 Å². The van der Waals surface area contributed by atoms with Crippen LogP contribution in [-0.4, -0.2) is 23.1 Å². The van der Waals surface area contributed by atoms with Crippen LogP contribution < -0.4 is 4.90 Å². The molecule has 0 fully saturated rings. The van der Waals surface area contributed by atoms with Crippen LogP contribution in [0.5, 0.6) is 0 Å². The maximum absolute atomic E-state index is 11.3. The van der Waals surface area contributed by atoms with Crippen molar-refractivity contribution in [2.45, 2.75) is 20.4 Å². The van der Waals surface area contributed by atoms with Crippen LogP contribution in [0.1, 0.15) is 26.6 Å². The van der Waals surface area contributed by atoms with E-state index >= 15 is 0 Å². The lowest BCUT2D eigenvalue weighted by atomic mass is 10.1. The minimum atomic E-state index is -0.906. The summed E-state index contributed by atoms with van der Waals surface area (Å²) in [6.45, 7) is 4.52. The number of hydrogen-bond acceptors (Lipinski definition) is 4. The molecule has 0 spiro atoms. The number of nitrogens with zero attached hydrogens (tertiary/aromatic N) is 2. The summed E-state index contributed by atoms with van der Waals surface area (Å²) < 4.78 is 0. The van der Waals surface area contributed by atoms with Crippen LogP contribution in [0.25, 0.3) is 0 Å². The lowest BCUT2D eigenvalue weighted by Gasteiger charge is -2.20. The highest BCUT2D eigenvalue weighted by Gasteiger charge is 2.14. The van der Waals surface area contributed by atoms with Gasteiger partial charge in [-0.05, 0) is 31.5 Å². The summed E-state index contributed by atoms with van der Waals surface area (Å²) in [6.07, 6.45) is 0. The zero-order chi connectivity index (χ0) is 14.0. The van der Waals surface area contributed by atoms with Crippen LogP contribution in [0.2, 0.25) is 0 Å². The Morgan fingerprint density at radius 2 is 2.16 bits per heavy atom. The molecule has 0 unspecified atom stereocenters. The van der Waals surface area contributed by atoms with Gasteiger partial charge in [0.15, 0.2) is 0 Å². The molecule has 0 amide bonds. The van der Waals surface area contributed by atoms with E-state index in [1.165, 1.54) is 0 Å². The van der Waals surface area contributed by atoms with E-state index in [1.807, 2.05) is 43.3 Å². The molecule has 19 heavy (non-hydrogen) atoms. The first-order chi connectivity index (χ1) is 8.97. The SMILES string of the molecule is Cc1ccc(C(=O)O)c(N(C)Cc2csc(C)n2)c1. The first kappa shape index (κ1) is 13.5. The Labute approximate surface area is 116 Å². The van der Waals surface area contributed by atoms with Gasteiger partial charge < -0.3 is 10.0 Å². The van der Waals surface area contributed by atoms with Gasteiger partial charge in [0.1, 0.15) is 0 Å². The molecule has 1 aromatic carbocycles. The van der Waals surface area contributed by atoms with Crippen molar-refractivity contribution in [3.05, 3.63) is 45.4 Å². The molecule has 0 atom stereocenters. The Hall–Kier alpha value is -1.88. The van der Waals surface area contributed by atoms with E-state index in [4.69, 9.17) is 0 Å². The third-order valence-corrected chi connectivity index (χ3v) is 3.68. The van der Waals surface area contributed by atoms with Crippen LogP contribution in [-0.2, 0) is 6.54 Å². The second kappa shape index (κ2) is 5.40. The molecule has 0 bridgehead atoms. The largest absolute Gasteiger partial charge is 0.478 e. The molecule has 1 N–H and O–H groups in total. The fourth-order valence-corrected chi connectivity index (χ4v) is 2.55. The van der Waals surface area contributed by atoms with E-state index < -0.39 is 5.97 Å². The molecule has 0 saturated carbocycles. The van der Waals surface area contributed by atoms with Crippen molar-refractivity contribution < 1.29 is 9.90 Å². The van der Waals surface area contributed by atoms with E-state index in [0.717, 1.165) is 22.0 Å². The number of aromatic carboxylic acids is 1. The monoisotopic (exact) mass is 276 g/mol. The number of aromatic nitrogens is 1. The van der Waals surface area contributed by atoms with E-state index in [1.54, 1.807) is 17.4 Å². The summed E-state index contributed by atoms with van der Waals surface area (Å²) >= 11 is 1.60. The number of carboxylic acid groups (broad SMARTS) is 1. The Balaban J connectivity index is 2.29. The second-order valence-corrected chi connectivity index (χ2v) is 5.60. The fourth-order valence-electron chi connectivity index (χ4n) is 1.95. The third-order valence-electron chi connectivity index (χ3n) is 2.86. The number of carboxylic acids is 1. The molecular formula is C14H16N2O2S. The summed E-state index contributed by atoms with van der Waals surface area (Å²) in [4.78, 5) is 17.6. The lowest BCUT2D eigenvalue weighted by Crippen LogP contribution is -2.19. The van der Waals surface area contributed by atoms with Gasteiger partial charge in [-0.15, -0.1) is 11.3 Å². The van der Waals surface area contributed by atoms with Gasteiger partial charge >= 0.3 is 5.97 Å². The molecule has 1 aromatic heterocycles. The molecular weight excluding hydrogens is 260 g/mol. The Bertz CT molecular complexity index is 607. The first-order valence-electron chi connectivity index (χ1n) is 5.93. The van der Waals surface area contributed by atoms with Gasteiger partial charge in [-0.1, -0.05) is 6.07 Å². The maximum Gasteiger partial charge on any atom is 0.337 e. The first-order valence-corrected chi connectivity index (χ1v) is 6.81. The van der Waals surface area contributed by atoms with Gasteiger partial charge in [-0.25, -0.2) is 9.78 Å². The molecule has 0 aliphatic heterocycles. The number of thiazole rings is 1. The number of aryl methyl sites for hydroxylation is 2. The summed E-state index contributed by atoms with van der Waals surface area (Å²) in [6, 6.07) is 5.35. The van der Waals surface area contributed by atoms with Gasteiger partial charge in [0.2, 0.25) is 0 Å². The number of anilines is 1. The molecule has 4 nitrogen and oxygen atoms in total. The highest BCUT2D eigenvalue weighted by molar-refractivity contribution is 7.09. The van der Waals surface area contributed by atoms with Crippen molar-refractivity contribution >= 4 is 23.0 Å². The maximum atomic E-state index is 11.3. The quantitative estimate of drug-likeness (QED) is 0.932. The minimum absolute atomic E-state index is 0.319. The van der Waals surface area contributed by atoms with E-state index in [-0.39, 0.29) is 0 Å². The number of carbonyl (C=O) groups is 1. The standard InChI is InChI=1S/C14H16N2O2S/c1-9-4-5-12(14(17)18)13(6-9)16(3)7-11-8-19-10(2)15-11/h4-6,8H,7H2,1-3H3,(H,17,18). The Morgan fingerprint density at radius 3 is 2.74 bits per heavy atom. The topological polar surface area (TPSA) is 53.4 Å². The van der Waals surface area contributed by atoms with Gasteiger partial charge in [-0.3, -0.25) is 0 Å². The van der Waals surface area contributed by atoms with Crippen LogP contribution >= 0.6 is 11.3 Å². The lowest BCUT2D eigenvalue weighted by molar-refractivity contribution is 0.0697. The third kappa shape index (κ3) is 3.12. The van der Waals surface area contributed by atoms with Gasteiger partial charge in [0.05, 0.1) is 28.5 Å². The highest BCUT2D eigenvalue weighted by Crippen LogP contribution is 2.23. The van der Waals surface area contributed by atoms with Crippen molar-refractivity contribution in [2.24, 2.45) is 0 Å². The molecule has 2 rings (SSSR count). The summed E-state index contributed by atoms with van der Waals surface area (Å²) in [5, 5.41) is 12.3. The van der Waals surface area contributed by atoms with Gasteiger partial charge in [-0.2, -0.15) is 0 Å². The molecule has 2 aromatic rings. The molecule has 5 heteroatoms. The van der Waals surface area contributed by atoms with Crippen molar-refractivity contribution in [2.75, 3.05) is 11.9 Å². The number of benzene rings is 1. The van der Waals surface area contributed by atoms with E-state index in [0.29, 0.717) is 12.1 Å². The Morgan fingerprint density at radius 1 is 1.42 bits per heavy atom. The van der Waals surface area contributed by atoms with Gasteiger partial charge in [0.25, 0.3) is 0 Å². The summed E-state index contributed by atoms with van der Waals surface area (Å²) in [7, 11) is 1.88.